The number of carboxylic acids is 1. The standard InChI is InChI=1S/C10H17F2NO6S/c1-10(2,3)19-7(14)5-4-6(8(15)16)13-20(17,18)9(11)12/h6,9,13H,4-5H2,1-3H3,(H,15,16)/t6-/m1/s1. The highest BCUT2D eigenvalue weighted by molar-refractivity contribution is 7.89. The predicted molar refractivity (Wildman–Crippen MR) is 64.6 cm³/mol. The molecule has 0 unspecified atom stereocenters. The quantitative estimate of drug-likeness (QED) is 0.669. The molecule has 0 saturated carbocycles. The second-order valence-electron chi connectivity index (χ2n) is 4.94. The van der Waals surface area contributed by atoms with Crippen molar-refractivity contribution >= 4 is 22.0 Å². The van der Waals surface area contributed by atoms with Crippen molar-refractivity contribution in [3.63, 3.8) is 0 Å². The molecule has 7 nitrogen and oxygen atoms in total. The van der Waals surface area contributed by atoms with E-state index in [0.29, 0.717) is 0 Å². The third-order valence-electron chi connectivity index (χ3n) is 1.90. The lowest BCUT2D eigenvalue weighted by atomic mass is 10.1. The van der Waals surface area contributed by atoms with Gasteiger partial charge in [-0.1, -0.05) is 0 Å². The molecule has 0 aliphatic carbocycles. The molecule has 0 bridgehead atoms. The number of esters is 1. The Kier molecular flexibility index (Phi) is 6.48. The average molecular weight is 317 g/mol. The molecule has 10 heteroatoms. The van der Waals surface area contributed by atoms with Crippen LogP contribution in [0.15, 0.2) is 0 Å². The zero-order valence-electron chi connectivity index (χ0n) is 11.2. The second kappa shape index (κ2) is 6.93. The lowest BCUT2D eigenvalue weighted by Crippen LogP contribution is -2.43. The van der Waals surface area contributed by atoms with E-state index in [4.69, 9.17) is 9.84 Å². The number of rotatable bonds is 7. The first-order valence-corrected chi connectivity index (χ1v) is 7.14. The molecule has 20 heavy (non-hydrogen) atoms. The summed E-state index contributed by atoms with van der Waals surface area (Å²) in [6, 6.07) is -1.82. The number of sulfonamides is 1. The van der Waals surface area contributed by atoms with E-state index < -0.39 is 52.2 Å². The van der Waals surface area contributed by atoms with Crippen molar-refractivity contribution < 1.29 is 36.6 Å². The van der Waals surface area contributed by atoms with Crippen molar-refractivity contribution in [2.45, 2.75) is 51.0 Å². The van der Waals surface area contributed by atoms with Gasteiger partial charge in [-0.15, -0.1) is 0 Å². The molecule has 0 aliphatic heterocycles. The average Bonchev–Trinajstić information content (AvgIpc) is 2.20. The number of ether oxygens (including phenoxy) is 1. The Hall–Kier alpha value is -1.29. The summed E-state index contributed by atoms with van der Waals surface area (Å²) in [6.45, 7) is 4.79. The van der Waals surface area contributed by atoms with Gasteiger partial charge in [0, 0.05) is 6.42 Å². The summed E-state index contributed by atoms with van der Waals surface area (Å²) >= 11 is 0. The van der Waals surface area contributed by atoms with Crippen LogP contribution in [0.4, 0.5) is 8.78 Å². The van der Waals surface area contributed by atoms with Gasteiger partial charge in [0.25, 0.3) is 10.0 Å². The molecule has 0 saturated heterocycles. The maximum Gasteiger partial charge on any atom is 0.350 e. The molecule has 0 radical (unpaired) electrons. The van der Waals surface area contributed by atoms with Crippen molar-refractivity contribution in [3.05, 3.63) is 0 Å². The molecule has 0 heterocycles. The summed E-state index contributed by atoms with van der Waals surface area (Å²) in [5.41, 5.74) is -0.779. The zero-order chi connectivity index (χ0) is 16.1. The number of hydrogen-bond donors (Lipinski definition) is 2. The number of carboxylic acid groups (broad SMARTS) is 1. The van der Waals surface area contributed by atoms with Gasteiger partial charge in [0.15, 0.2) is 0 Å². The summed E-state index contributed by atoms with van der Waals surface area (Å²) in [5.74, 6) is -6.15. The largest absolute Gasteiger partial charge is 0.480 e. The Morgan fingerprint density at radius 1 is 1.30 bits per heavy atom. The Morgan fingerprint density at radius 2 is 1.80 bits per heavy atom. The van der Waals surface area contributed by atoms with Gasteiger partial charge in [0.1, 0.15) is 11.6 Å². The minimum Gasteiger partial charge on any atom is -0.480 e. The molecular weight excluding hydrogens is 300 g/mol. The van der Waals surface area contributed by atoms with Crippen molar-refractivity contribution in [2.75, 3.05) is 0 Å². The van der Waals surface area contributed by atoms with E-state index in [2.05, 4.69) is 0 Å². The van der Waals surface area contributed by atoms with Gasteiger partial charge in [-0.05, 0) is 27.2 Å². The number of carbonyl (C=O) groups excluding carboxylic acids is 1. The molecule has 118 valence electrons. The molecule has 0 spiro atoms. The fourth-order valence-electron chi connectivity index (χ4n) is 1.14. The van der Waals surface area contributed by atoms with Crippen LogP contribution in [0.5, 0.6) is 0 Å². The van der Waals surface area contributed by atoms with Crippen molar-refractivity contribution in [3.8, 4) is 0 Å². The highest BCUT2D eigenvalue weighted by atomic mass is 32.2. The van der Waals surface area contributed by atoms with Gasteiger partial charge >= 0.3 is 17.7 Å². The maximum atomic E-state index is 12.1. The molecule has 0 rings (SSSR count). The van der Waals surface area contributed by atoms with Gasteiger partial charge in [-0.25, -0.2) is 8.42 Å². The van der Waals surface area contributed by atoms with Crippen molar-refractivity contribution in [1.29, 1.82) is 0 Å². The molecular formula is C10H17F2NO6S. The fraction of sp³-hybridized carbons (Fsp3) is 0.800. The number of aliphatic carboxylic acids is 1. The van der Waals surface area contributed by atoms with E-state index in [1.807, 2.05) is 0 Å². The van der Waals surface area contributed by atoms with Crippen LogP contribution in [0.1, 0.15) is 33.6 Å². The van der Waals surface area contributed by atoms with Gasteiger partial charge < -0.3 is 9.84 Å². The predicted octanol–water partition coefficient (Wildman–Crippen LogP) is 0.704. The molecule has 0 amide bonds. The van der Waals surface area contributed by atoms with E-state index >= 15 is 0 Å². The fourth-order valence-corrected chi connectivity index (χ4v) is 1.86. The lowest BCUT2D eigenvalue weighted by molar-refractivity contribution is -0.155. The SMILES string of the molecule is CC(C)(C)OC(=O)CC[C@@H](NS(=O)(=O)C(F)F)C(=O)O. The van der Waals surface area contributed by atoms with Crippen LogP contribution in [0.2, 0.25) is 0 Å². The molecule has 2 N–H and O–H groups in total. The highest BCUT2D eigenvalue weighted by Gasteiger charge is 2.31. The van der Waals surface area contributed by atoms with Crippen LogP contribution in [0, 0.1) is 0 Å². The smallest absolute Gasteiger partial charge is 0.350 e. The number of nitrogens with one attached hydrogen (secondary N) is 1. The van der Waals surface area contributed by atoms with Crippen LogP contribution in [0.25, 0.3) is 0 Å². The van der Waals surface area contributed by atoms with E-state index in [0.717, 1.165) is 0 Å². The van der Waals surface area contributed by atoms with Crippen molar-refractivity contribution in [2.24, 2.45) is 0 Å². The number of alkyl halides is 2. The second-order valence-corrected chi connectivity index (χ2v) is 6.62. The monoisotopic (exact) mass is 317 g/mol. The third kappa shape index (κ3) is 7.34. The molecule has 1 atom stereocenters. The number of halogens is 2. The maximum absolute atomic E-state index is 12.1. The molecule has 0 aromatic heterocycles. The zero-order valence-corrected chi connectivity index (χ0v) is 12.0. The molecule has 0 aliphatic rings. The summed E-state index contributed by atoms with van der Waals surface area (Å²) in [6.07, 6.45) is -0.907. The van der Waals surface area contributed by atoms with Gasteiger partial charge in [0.05, 0.1) is 0 Å². The van der Waals surface area contributed by atoms with Crippen LogP contribution >= 0.6 is 0 Å². The minimum atomic E-state index is -5.04. The Morgan fingerprint density at radius 3 is 2.15 bits per heavy atom. The lowest BCUT2D eigenvalue weighted by Gasteiger charge is -2.20. The van der Waals surface area contributed by atoms with E-state index in [9.17, 15) is 26.8 Å². The number of carbonyl (C=O) groups is 2. The Balaban J connectivity index is 4.60. The number of hydrogen-bond acceptors (Lipinski definition) is 5. The van der Waals surface area contributed by atoms with Crippen LogP contribution < -0.4 is 4.72 Å². The molecule has 0 aromatic carbocycles. The van der Waals surface area contributed by atoms with E-state index in [1.54, 1.807) is 20.8 Å². The molecule has 0 aromatic rings. The Bertz CT molecular complexity index is 457. The van der Waals surface area contributed by atoms with Crippen LogP contribution in [-0.2, 0) is 24.3 Å². The normalized spacial score (nSPS) is 14.1. The van der Waals surface area contributed by atoms with Gasteiger partial charge in [-0.2, -0.15) is 13.5 Å². The van der Waals surface area contributed by atoms with Crippen molar-refractivity contribution in [1.82, 2.24) is 4.72 Å². The third-order valence-corrected chi connectivity index (χ3v) is 2.98. The summed E-state index contributed by atoms with van der Waals surface area (Å²) in [7, 11) is -5.04. The van der Waals surface area contributed by atoms with Gasteiger partial charge in [0.2, 0.25) is 0 Å². The minimum absolute atomic E-state index is 0.417. The van der Waals surface area contributed by atoms with E-state index in [1.165, 1.54) is 4.72 Å². The van der Waals surface area contributed by atoms with Crippen LogP contribution in [-0.4, -0.2) is 42.9 Å². The first-order chi connectivity index (χ1) is 8.85. The van der Waals surface area contributed by atoms with E-state index in [-0.39, 0.29) is 0 Å². The van der Waals surface area contributed by atoms with Crippen LogP contribution in [0.3, 0.4) is 0 Å². The first-order valence-electron chi connectivity index (χ1n) is 5.59. The highest BCUT2D eigenvalue weighted by Crippen LogP contribution is 2.11. The summed E-state index contributed by atoms with van der Waals surface area (Å²) in [5, 5.41) is 8.74. The Labute approximate surface area is 115 Å². The van der Waals surface area contributed by atoms with Gasteiger partial charge in [-0.3, -0.25) is 9.59 Å². The summed E-state index contributed by atoms with van der Waals surface area (Å²) in [4.78, 5) is 22.1. The molecule has 0 fully saturated rings. The summed E-state index contributed by atoms with van der Waals surface area (Å²) < 4.78 is 52.2. The first kappa shape index (κ1) is 18.7. The topological polar surface area (TPSA) is 110 Å².